The van der Waals surface area contributed by atoms with Crippen molar-refractivity contribution < 1.29 is 4.79 Å². The lowest BCUT2D eigenvalue weighted by Gasteiger charge is -2.26. The van der Waals surface area contributed by atoms with Gasteiger partial charge in [0.15, 0.2) is 0 Å². The first-order valence-electron chi connectivity index (χ1n) is 7.97. The molecule has 0 unspecified atom stereocenters. The van der Waals surface area contributed by atoms with Gasteiger partial charge in [-0.1, -0.05) is 0 Å². The van der Waals surface area contributed by atoms with Crippen molar-refractivity contribution in [1.82, 2.24) is 20.3 Å². The van der Waals surface area contributed by atoms with Crippen LogP contribution in [0.15, 0.2) is 29.7 Å². The number of carbonyl (C=O) groups excluding carboxylic acids is 1. The van der Waals surface area contributed by atoms with E-state index < -0.39 is 0 Å². The van der Waals surface area contributed by atoms with Gasteiger partial charge in [0.25, 0.3) is 5.91 Å². The highest BCUT2D eigenvalue weighted by Crippen LogP contribution is 2.29. The van der Waals surface area contributed by atoms with Gasteiger partial charge in [-0.05, 0) is 18.9 Å². The highest BCUT2D eigenvalue weighted by atomic mass is 32.2. The fraction of sp³-hybridized carbons (Fsp3) is 0.375. The van der Waals surface area contributed by atoms with E-state index in [0.29, 0.717) is 11.3 Å². The summed E-state index contributed by atoms with van der Waals surface area (Å²) in [7, 11) is 0. The van der Waals surface area contributed by atoms with Gasteiger partial charge in [0.1, 0.15) is 17.8 Å². The van der Waals surface area contributed by atoms with Crippen LogP contribution in [0.5, 0.6) is 0 Å². The summed E-state index contributed by atoms with van der Waals surface area (Å²) >= 11 is 1.56. The maximum Gasteiger partial charge on any atom is 0.259 e. The second-order valence-corrected chi connectivity index (χ2v) is 7.13. The molecular formula is C16H18N6OS. The van der Waals surface area contributed by atoms with E-state index in [4.69, 9.17) is 5.41 Å². The number of aromatic amines is 1. The minimum absolute atomic E-state index is 0.0521. The van der Waals surface area contributed by atoms with Crippen LogP contribution in [-0.2, 0) is 4.79 Å². The second kappa shape index (κ2) is 6.27. The molecule has 1 saturated carbocycles. The van der Waals surface area contributed by atoms with Crippen LogP contribution >= 0.6 is 11.8 Å². The molecule has 1 fully saturated rings. The third kappa shape index (κ3) is 2.89. The van der Waals surface area contributed by atoms with E-state index in [-0.39, 0.29) is 11.9 Å². The molecule has 2 aromatic heterocycles. The van der Waals surface area contributed by atoms with Crippen molar-refractivity contribution in [3.63, 3.8) is 0 Å². The molecule has 1 aliphatic carbocycles. The van der Waals surface area contributed by atoms with Crippen molar-refractivity contribution >= 4 is 40.2 Å². The first-order valence-corrected chi connectivity index (χ1v) is 8.96. The Bertz CT molecular complexity index is 829. The zero-order valence-corrected chi connectivity index (χ0v) is 13.9. The summed E-state index contributed by atoms with van der Waals surface area (Å²) in [6.45, 7) is 0.798. The van der Waals surface area contributed by atoms with Crippen molar-refractivity contribution in [2.45, 2.75) is 25.3 Å². The van der Waals surface area contributed by atoms with Gasteiger partial charge in [0, 0.05) is 42.9 Å². The Hall–Kier alpha value is -2.35. The summed E-state index contributed by atoms with van der Waals surface area (Å²) in [5, 5.41) is 11.7. The number of rotatable bonds is 3. The molecule has 2 aliphatic rings. The fourth-order valence-corrected chi connectivity index (χ4v) is 4.01. The Morgan fingerprint density at radius 1 is 1.46 bits per heavy atom. The lowest BCUT2D eigenvalue weighted by atomic mass is 10.2. The molecule has 124 valence electrons. The van der Waals surface area contributed by atoms with Gasteiger partial charge < -0.3 is 20.6 Å². The predicted octanol–water partition coefficient (Wildman–Crippen LogP) is 2.04. The number of carbonyl (C=O) groups is 1. The monoisotopic (exact) mass is 342 g/mol. The number of thioether (sulfide) groups is 1. The molecule has 0 saturated heterocycles. The molecule has 7 nitrogen and oxygen atoms in total. The van der Waals surface area contributed by atoms with Gasteiger partial charge in [0.05, 0.1) is 10.3 Å². The molecule has 3 heterocycles. The summed E-state index contributed by atoms with van der Waals surface area (Å²) in [6.07, 6.45) is 7.57. The van der Waals surface area contributed by atoms with Crippen molar-refractivity contribution in [3.05, 3.63) is 29.7 Å². The number of anilines is 1. The smallest absolute Gasteiger partial charge is 0.259 e. The Balaban J connectivity index is 1.55. The molecule has 0 radical (unpaired) electrons. The van der Waals surface area contributed by atoms with Crippen LogP contribution < -0.4 is 10.2 Å². The quantitative estimate of drug-likeness (QED) is 0.793. The minimum Gasteiger partial charge on any atom is -0.348 e. The lowest BCUT2D eigenvalue weighted by molar-refractivity contribution is -0.117. The molecule has 2 aromatic rings. The normalized spacial score (nSPS) is 21.2. The molecule has 1 aliphatic heterocycles. The largest absolute Gasteiger partial charge is 0.348 e. The highest BCUT2D eigenvalue weighted by Gasteiger charge is 2.25. The van der Waals surface area contributed by atoms with E-state index in [9.17, 15) is 4.79 Å². The van der Waals surface area contributed by atoms with Crippen LogP contribution in [0, 0.1) is 5.41 Å². The average Bonchev–Trinajstić information content (AvgIpc) is 3.23. The van der Waals surface area contributed by atoms with E-state index in [2.05, 4.69) is 20.3 Å². The lowest BCUT2D eigenvalue weighted by Crippen LogP contribution is -2.36. The van der Waals surface area contributed by atoms with Gasteiger partial charge >= 0.3 is 0 Å². The Morgan fingerprint density at radius 3 is 3.21 bits per heavy atom. The molecule has 0 aromatic carbocycles. The Kier molecular flexibility index (Phi) is 3.97. The van der Waals surface area contributed by atoms with E-state index in [1.807, 2.05) is 23.4 Å². The molecule has 1 amide bonds. The number of fused-ring (bicyclic) bond motifs is 1. The molecule has 0 bridgehead atoms. The van der Waals surface area contributed by atoms with Gasteiger partial charge in [-0.3, -0.25) is 4.79 Å². The van der Waals surface area contributed by atoms with E-state index in [1.165, 1.54) is 6.33 Å². The van der Waals surface area contributed by atoms with Gasteiger partial charge in [-0.25, -0.2) is 9.97 Å². The summed E-state index contributed by atoms with van der Waals surface area (Å²) in [5.74, 6) is 1.59. The van der Waals surface area contributed by atoms with Crippen LogP contribution in [0.3, 0.4) is 0 Å². The zero-order chi connectivity index (χ0) is 16.5. The second-order valence-electron chi connectivity index (χ2n) is 5.99. The third-order valence-corrected chi connectivity index (χ3v) is 5.30. The van der Waals surface area contributed by atoms with Crippen molar-refractivity contribution in [2.75, 3.05) is 17.2 Å². The van der Waals surface area contributed by atoms with Crippen LogP contribution in [0.2, 0.25) is 0 Å². The maximum atomic E-state index is 12.5. The Labute approximate surface area is 143 Å². The zero-order valence-electron chi connectivity index (χ0n) is 13.1. The molecule has 3 N–H and O–H groups in total. The first-order chi connectivity index (χ1) is 11.7. The van der Waals surface area contributed by atoms with E-state index in [1.54, 1.807) is 11.8 Å². The predicted molar refractivity (Wildman–Crippen MR) is 95.3 cm³/mol. The molecule has 8 heteroatoms. The molecule has 1 atom stereocenters. The average molecular weight is 342 g/mol. The molecule has 0 spiro atoms. The van der Waals surface area contributed by atoms with Crippen molar-refractivity contribution in [3.8, 4) is 0 Å². The number of H-pyrrole nitrogens is 1. The topological polar surface area (TPSA) is 97.8 Å². The highest BCUT2D eigenvalue weighted by molar-refractivity contribution is 8.04. The number of amides is 1. The number of nitrogens with zero attached hydrogens (tertiary/aromatic N) is 3. The van der Waals surface area contributed by atoms with Gasteiger partial charge in [-0.2, -0.15) is 0 Å². The van der Waals surface area contributed by atoms with E-state index in [0.717, 1.165) is 47.7 Å². The standard InChI is InChI=1S/C16H18N6OS/c17-10-1-2-11(7-10)21-16(23)13-8-22(5-6-24-13)15-12-3-4-18-14(12)19-9-20-15/h3-4,8-9,11,17H,1-2,5-7H2,(H,21,23)(H,18,19,20)/t11-/m1/s1. The molecular weight excluding hydrogens is 324 g/mol. The Morgan fingerprint density at radius 2 is 2.38 bits per heavy atom. The van der Waals surface area contributed by atoms with E-state index >= 15 is 0 Å². The van der Waals surface area contributed by atoms with Crippen LogP contribution in [0.4, 0.5) is 5.82 Å². The number of hydrogen-bond donors (Lipinski definition) is 3. The van der Waals surface area contributed by atoms with Gasteiger partial charge in [0.2, 0.25) is 0 Å². The maximum absolute atomic E-state index is 12.5. The minimum atomic E-state index is -0.0521. The van der Waals surface area contributed by atoms with Gasteiger partial charge in [-0.15, -0.1) is 11.8 Å². The number of hydrogen-bond acceptors (Lipinski definition) is 6. The molecule has 24 heavy (non-hydrogen) atoms. The third-order valence-electron chi connectivity index (χ3n) is 4.31. The van der Waals surface area contributed by atoms with Crippen LogP contribution in [-0.4, -0.2) is 44.9 Å². The van der Waals surface area contributed by atoms with Crippen molar-refractivity contribution in [2.24, 2.45) is 0 Å². The van der Waals surface area contributed by atoms with Crippen molar-refractivity contribution in [1.29, 1.82) is 5.41 Å². The SMILES string of the molecule is N=C1CC[C@@H](NC(=O)C2=CN(c3ncnc4[nH]ccc34)CCS2)C1. The first kappa shape index (κ1) is 15.2. The van der Waals surface area contributed by atoms with Crippen LogP contribution in [0.1, 0.15) is 19.3 Å². The number of aromatic nitrogens is 3. The van der Waals surface area contributed by atoms with Crippen LogP contribution in [0.25, 0.3) is 11.0 Å². The number of nitrogens with one attached hydrogen (secondary N) is 3. The summed E-state index contributed by atoms with van der Waals surface area (Å²) in [5.41, 5.74) is 1.52. The fourth-order valence-electron chi connectivity index (χ4n) is 3.11. The molecule has 4 rings (SSSR count). The summed E-state index contributed by atoms with van der Waals surface area (Å²) in [6, 6.07) is 2.04. The summed E-state index contributed by atoms with van der Waals surface area (Å²) in [4.78, 5) is 26.9. The summed E-state index contributed by atoms with van der Waals surface area (Å²) < 4.78 is 0.